The van der Waals surface area contributed by atoms with Crippen LogP contribution in [0.2, 0.25) is 0 Å². The van der Waals surface area contributed by atoms with E-state index in [2.05, 4.69) is 33.1 Å². The molecular formula is C20H34N4O6. The molecule has 0 saturated carbocycles. The highest BCUT2D eigenvalue weighted by Crippen LogP contribution is 2.07. The third kappa shape index (κ3) is 14.1. The van der Waals surface area contributed by atoms with Crippen molar-refractivity contribution in [1.82, 2.24) is 21.3 Å². The summed E-state index contributed by atoms with van der Waals surface area (Å²) in [6.45, 7) is 13.5. The van der Waals surface area contributed by atoms with Crippen LogP contribution in [0.15, 0.2) is 0 Å². The summed E-state index contributed by atoms with van der Waals surface area (Å²) in [6, 6.07) is -1.58. The van der Waals surface area contributed by atoms with Gasteiger partial charge in [0.25, 0.3) is 0 Å². The maximum atomic E-state index is 11.9. The molecule has 0 aromatic carbocycles. The third-order valence-corrected chi connectivity index (χ3v) is 3.08. The van der Waals surface area contributed by atoms with Gasteiger partial charge in [0.2, 0.25) is 11.8 Å². The second-order valence-corrected chi connectivity index (χ2v) is 8.52. The monoisotopic (exact) mass is 426 g/mol. The number of ether oxygens (including phenoxy) is 2. The van der Waals surface area contributed by atoms with Gasteiger partial charge < -0.3 is 30.7 Å². The number of amides is 4. The second-order valence-electron chi connectivity index (χ2n) is 8.52. The zero-order chi connectivity index (χ0) is 23.5. The van der Waals surface area contributed by atoms with Crippen molar-refractivity contribution in [1.29, 1.82) is 0 Å². The summed E-state index contributed by atoms with van der Waals surface area (Å²) in [6.07, 6.45) is -1.37. The SMILES string of the molecule is C[C@H](NC(=O)OC(C)(C)C)C(=O)NCC#CCNC(=O)[C@H](C)NC(=O)OC(C)(C)C. The molecule has 0 aliphatic carbocycles. The van der Waals surface area contributed by atoms with Crippen LogP contribution in [0.4, 0.5) is 9.59 Å². The molecule has 0 saturated heterocycles. The number of hydrogen-bond acceptors (Lipinski definition) is 6. The maximum Gasteiger partial charge on any atom is 0.408 e. The average molecular weight is 427 g/mol. The van der Waals surface area contributed by atoms with Gasteiger partial charge in [-0.15, -0.1) is 0 Å². The summed E-state index contributed by atoms with van der Waals surface area (Å²) < 4.78 is 10.1. The van der Waals surface area contributed by atoms with E-state index in [4.69, 9.17) is 9.47 Å². The van der Waals surface area contributed by atoms with Gasteiger partial charge in [-0.1, -0.05) is 11.8 Å². The van der Waals surface area contributed by atoms with Gasteiger partial charge in [-0.25, -0.2) is 9.59 Å². The van der Waals surface area contributed by atoms with E-state index >= 15 is 0 Å². The number of alkyl carbamates (subject to hydrolysis) is 2. The van der Waals surface area contributed by atoms with Gasteiger partial charge >= 0.3 is 12.2 Å². The molecule has 0 aromatic heterocycles. The van der Waals surface area contributed by atoms with E-state index in [1.54, 1.807) is 41.5 Å². The molecule has 0 spiro atoms. The van der Waals surface area contributed by atoms with E-state index < -0.39 is 47.3 Å². The smallest absolute Gasteiger partial charge is 0.408 e. The molecule has 4 N–H and O–H groups in total. The Hall–Kier alpha value is -2.96. The van der Waals surface area contributed by atoms with Gasteiger partial charge in [0.1, 0.15) is 23.3 Å². The number of nitrogens with one attached hydrogen (secondary N) is 4. The standard InChI is InChI=1S/C20H34N4O6/c1-13(23-17(27)29-19(3,4)5)15(25)21-11-9-10-12-22-16(26)14(2)24-18(28)30-20(6,7)8/h13-14H,11-12H2,1-8H3,(H,21,25)(H,22,26)(H,23,27)(H,24,28)/t13-,14-/m0/s1. The topological polar surface area (TPSA) is 135 Å². The second kappa shape index (κ2) is 11.9. The summed E-state index contributed by atoms with van der Waals surface area (Å²) in [5, 5.41) is 9.92. The fourth-order valence-corrected chi connectivity index (χ4v) is 1.79. The van der Waals surface area contributed by atoms with Crippen LogP contribution in [0.1, 0.15) is 55.4 Å². The lowest BCUT2D eigenvalue weighted by atomic mass is 10.2. The van der Waals surface area contributed by atoms with Crippen LogP contribution in [0.25, 0.3) is 0 Å². The maximum absolute atomic E-state index is 11.9. The molecule has 0 rings (SSSR count). The molecule has 170 valence electrons. The molecule has 10 heteroatoms. The van der Waals surface area contributed by atoms with Crippen molar-refractivity contribution in [3.63, 3.8) is 0 Å². The molecular weight excluding hydrogens is 392 g/mol. The highest BCUT2D eigenvalue weighted by Gasteiger charge is 2.21. The van der Waals surface area contributed by atoms with Crippen molar-refractivity contribution in [2.75, 3.05) is 13.1 Å². The van der Waals surface area contributed by atoms with Crippen molar-refractivity contribution in [3.8, 4) is 11.8 Å². The van der Waals surface area contributed by atoms with Crippen molar-refractivity contribution in [2.45, 2.75) is 78.7 Å². The quantitative estimate of drug-likeness (QED) is 0.469. The van der Waals surface area contributed by atoms with Crippen LogP contribution < -0.4 is 21.3 Å². The van der Waals surface area contributed by atoms with Crippen LogP contribution in [0, 0.1) is 11.8 Å². The van der Waals surface area contributed by atoms with Crippen LogP contribution >= 0.6 is 0 Å². The molecule has 0 fully saturated rings. The fourth-order valence-electron chi connectivity index (χ4n) is 1.79. The largest absolute Gasteiger partial charge is 0.444 e. The van der Waals surface area contributed by atoms with Crippen LogP contribution in [-0.2, 0) is 19.1 Å². The zero-order valence-corrected chi connectivity index (χ0v) is 19.0. The van der Waals surface area contributed by atoms with Crippen molar-refractivity contribution in [3.05, 3.63) is 0 Å². The molecule has 0 bridgehead atoms. The average Bonchev–Trinajstić information content (AvgIpc) is 2.53. The number of hydrogen-bond donors (Lipinski definition) is 4. The fraction of sp³-hybridized carbons (Fsp3) is 0.700. The van der Waals surface area contributed by atoms with E-state index in [1.165, 1.54) is 13.8 Å². The highest BCUT2D eigenvalue weighted by molar-refractivity contribution is 5.86. The van der Waals surface area contributed by atoms with Gasteiger partial charge in [-0.05, 0) is 55.4 Å². The van der Waals surface area contributed by atoms with Gasteiger partial charge in [-0.2, -0.15) is 0 Å². The predicted octanol–water partition coefficient (Wildman–Crippen LogP) is 1.05. The molecule has 0 radical (unpaired) electrons. The Kier molecular flexibility index (Phi) is 10.7. The first-order valence-corrected chi connectivity index (χ1v) is 9.61. The molecule has 30 heavy (non-hydrogen) atoms. The summed E-state index contributed by atoms with van der Waals surface area (Å²) in [7, 11) is 0. The van der Waals surface area contributed by atoms with Crippen molar-refractivity contribution in [2.24, 2.45) is 0 Å². The van der Waals surface area contributed by atoms with Gasteiger partial charge in [-0.3, -0.25) is 9.59 Å². The minimum Gasteiger partial charge on any atom is -0.444 e. The Balaban J connectivity index is 4.17. The molecule has 0 aliphatic heterocycles. The molecule has 0 heterocycles. The zero-order valence-electron chi connectivity index (χ0n) is 19.0. The lowest BCUT2D eigenvalue weighted by Crippen LogP contribution is -2.46. The molecule has 0 aliphatic rings. The number of rotatable bonds is 6. The Labute approximate surface area is 178 Å². The lowest BCUT2D eigenvalue weighted by molar-refractivity contribution is -0.123. The van der Waals surface area contributed by atoms with Crippen molar-refractivity contribution < 1.29 is 28.7 Å². The highest BCUT2D eigenvalue weighted by atomic mass is 16.6. The first-order valence-electron chi connectivity index (χ1n) is 9.61. The van der Waals surface area contributed by atoms with E-state index in [0.29, 0.717) is 0 Å². The van der Waals surface area contributed by atoms with Gasteiger partial charge in [0.15, 0.2) is 0 Å². The van der Waals surface area contributed by atoms with Crippen molar-refractivity contribution >= 4 is 24.0 Å². The summed E-state index contributed by atoms with van der Waals surface area (Å²) in [5.41, 5.74) is -1.31. The van der Waals surface area contributed by atoms with Crippen LogP contribution in [-0.4, -0.2) is 60.4 Å². The Morgan fingerprint density at radius 3 is 1.27 bits per heavy atom. The van der Waals surface area contributed by atoms with Gasteiger partial charge in [0, 0.05) is 0 Å². The Morgan fingerprint density at radius 1 is 0.700 bits per heavy atom. The molecule has 4 amide bonds. The normalized spacial score (nSPS) is 12.9. The lowest BCUT2D eigenvalue weighted by Gasteiger charge is -2.21. The third-order valence-electron chi connectivity index (χ3n) is 3.08. The first kappa shape index (κ1) is 27.0. The first-order chi connectivity index (χ1) is 13.6. The Morgan fingerprint density at radius 2 is 1.00 bits per heavy atom. The molecule has 10 nitrogen and oxygen atoms in total. The molecule has 2 atom stereocenters. The van der Waals surface area contributed by atoms with E-state index in [1.807, 2.05) is 0 Å². The van der Waals surface area contributed by atoms with Crippen LogP contribution in [0.3, 0.4) is 0 Å². The predicted molar refractivity (Wildman–Crippen MR) is 111 cm³/mol. The van der Waals surface area contributed by atoms with E-state index in [9.17, 15) is 19.2 Å². The molecule has 0 aromatic rings. The number of carbonyl (C=O) groups is 4. The summed E-state index contributed by atoms with van der Waals surface area (Å²) in [4.78, 5) is 47.1. The van der Waals surface area contributed by atoms with Crippen LogP contribution in [0.5, 0.6) is 0 Å². The summed E-state index contributed by atoms with van der Waals surface area (Å²) in [5.74, 6) is 4.51. The minimum atomic E-state index is -0.791. The summed E-state index contributed by atoms with van der Waals surface area (Å²) >= 11 is 0. The molecule has 0 unspecified atom stereocenters. The van der Waals surface area contributed by atoms with E-state index in [-0.39, 0.29) is 13.1 Å². The Bertz CT molecular complexity index is 626. The minimum absolute atomic E-state index is 0.0424. The van der Waals surface area contributed by atoms with Gasteiger partial charge in [0.05, 0.1) is 13.1 Å². The number of carbonyl (C=O) groups excluding carboxylic acids is 4. The van der Waals surface area contributed by atoms with E-state index in [0.717, 1.165) is 0 Å².